The third kappa shape index (κ3) is 4.56. The molecule has 21 heavy (non-hydrogen) atoms. The Morgan fingerprint density at radius 2 is 2.19 bits per heavy atom. The predicted octanol–water partition coefficient (Wildman–Crippen LogP) is 0.388. The molecular weight excluding hydrogens is 276 g/mol. The molecule has 0 saturated heterocycles. The lowest BCUT2D eigenvalue weighted by molar-refractivity contribution is -0.137. The maximum atomic E-state index is 11.7. The molecule has 0 radical (unpaired) electrons. The lowest BCUT2D eigenvalue weighted by Gasteiger charge is -2.06. The average Bonchev–Trinajstić information content (AvgIpc) is 2.83. The lowest BCUT2D eigenvalue weighted by atomic mass is 10.3. The Balaban J connectivity index is 1.83. The summed E-state index contributed by atoms with van der Waals surface area (Å²) in [6.45, 7) is 1.75. The van der Waals surface area contributed by atoms with Crippen molar-refractivity contribution < 1.29 is 14.7 Å². The molecule has 9 nitrogen and oxygen atoms in total. The molecule has 0 unspecified atom stereocenters. The van der Waals surface area contributed by atoms with E-state index >= 15 is 0 Å². The molecule has 0 bridgehead atoms. The van der Waals surface area contributed by atoms with Gasteiger partial charge < -0.3 is 15.7 Å². The van der Waals surface area contributed by atoms with E-state index < -0.39 is 12.0 Å². The second-order valence-corrected chi connectivity index (χ2v) is 4.36. The highest BCUT2D eigenvalue weighted by atomic mass is 16.4. The van der Waals surface area contributed by atoms with Gasteiger partial charge in [0.05, 0.1) is 24.6 Å². The van der Waals surface area contributed by atoms with Crippen molar-refractivity contribution >= 4 is 17.7 Å². The fourth-order valence-corrected chi connectivity index (χ4v) is 1.60. The van der Waals surface area contributed by atoms with Gasteiger partial charge >= 0.3 is 12.0 Å². The number of aryl methyl sites for hydroxylation is 1. The molecule has 0 aliphatic rings. The van der Waals surface area contributed by atoms with E-state index in [4.69, 9.17) is 5.11 Å². The monoisotopic (exact) mass is 290 g/mol. The fraction of sp³-hybridized carbons (Fsp3) is 0.250. The van der Waals surface area contributed by atoms with Crippen LogP contribution in [-0.2, 0) is 17.9 Å². The van der Waals surface area contributed by atoms with Crippen LogP contribution in [0.4, 0.5) is 10.5 Å². The number of carboxylic acid groups (broad SMARTS) is 1. The van der Waals surface area contributed by atoms with E-state index in [0.717, 1.165) is 5.56 Å². The van der Waals surface area contributed by atoms with Crippen LogP contribution in [-0.4, -0.2) is 37.1 Å². The second kappa shape index (κ2) is 6.46. The SMILES string of the molecule is Cc1cncc(NC(=O)NCc2cn(CC(=O)O)nn2)c1. The first-order valence-corrected chi connectivity index (χ1v) is 6.10. The van der Waals surface area contributed by atoms with Crippen molar-refractivity contribution in [2.45, 2.75) is 20.0 Å². The Kier molecular flexibility index (Phi) is 4.44. The first-order valence-electron chi connectivity index (χ1n) is 6.10. The molecular formula is C12H14N6O3. The van der Waals surface area contributed by atoms with Crippen molar-refractivity contribution in [2.75, 3.05) is 5.32 Å². The van der Waals surface area contributed by atoms with E-state index in [1.165, 1.54) is 17.1 Å². The zero-order valence-corrected chi connectivity index (χ0v) is 11.3. The van der Waals surface area contributed by atoms with Crippen molar-refractivity contribution in [3.05, 3.63) is 35.9 Å². The van der Waals surface area contributed by atoms with Crippen LogP contribution in [0.25, 0.3) is 0 Å². The van der Waals surface area contributed by atoms with Gasteiger partial charge in [-0.05, 0) is 18.6 Å². The lowest BCUT2D eigenvalue weighted by Crippen LogP contribution is -2.28. The summed E-state index contributed by atoms with van der Waals surface area (Å²) in [5.74, 6) is -1.01. The van der Waals surface area contributed by atoms with Gasteiger partial charge in [0.1, 0.15) is 12.2 Å². The van der Waals surface area contributed by atoms with E-state index in [0.29, 0.717) is 11.4 Å². The minimum atomic E-state index is -1.01. The largest absolute Gasteiger partial charge is 0.480 e. The van der Waals surface area contributed by atoms with Crippen molar-refractivity contribution in [1.29, 1.82) is 0 Å². The van der Waals surface area contributed by atoms with Gasteiger partial charge in [-0.1, -0.05) is 5.21 Å². The van der Waals surface area contributed by atoms with E-state index in [1.807, 2.05) is 6.92 Å². The van der Waals surface area contributed by atoms with Crippen molar-refractivity contribution in [2.24, 2.45) is 0 Å². The van der Waals surface area contributed by atoms with E-state index in [-0.39, 0.29) is 13.1 Å². The topological polar surface area (TPSA) is 122 Å². The number of nitrogens with one attached hydrogen (secondary N) is 2. The highest BCUT2D eigenvalue weighted by molar-refractivity contribution is 5.88. The van der Waals surface area contributed by atoms with Crippen LogP contribution in [0.1, 0.15) is 11.3 Å². The summed E-state index contributed by atoms with van der Waals surface area (Å²) >= 11 is 0. The molecule has 2 heterocycles. The number of carbonyl (C=O) groups is 2. The molecule has 0 fully saturated rings. The maximum absolute atomic E-state index is 11.7. The summed E-state index contributed by atoms with van der Waals surface area (Å²) in [5, 5.41) is 21.2. The minimum Gasteiger partial charge on any atom is -0.480 e. The number of aliphatic carboxylic acids is 1. The van der Waals surface area contributed by atoms with Gasteiger partial charge in [-0.25, -0.2) is 9.48 Å². The first-order chi connectivity index (χ1) is 10.0. The van der Waals surface area contributed by atoms with Crippen LogP contribution in [0.3, 0.4) is 0 Å². The van der Waals surface area contributed by atoms with E-state index in [9.17, 15) is 9.59 Å². The summed E-state index contributed by atoms with van der Waals surface area (Å²) in [6, 6.07) is 1.38. The molecule has 0 saturated carbocycles. The number of hydrogen-bond donors (Lipinski definition) is 3. The molecule has 3 N–H and O–H groups in total. The number of pyridine rings is 1. The molecule has 0 aromatic carbocycles. The van der Waals surface area contributed by atoms with Crippen LogP contribution in [0.5, 0.6) is 0 Å². The third-order valence-electron chi connectivity index (χ3n) is 2.45. The zero-order chi connectivity index (χ0) is 15.2. The molecule has 2 amide bonds. The number of aromatic nitrogens is 4. The quantitative estimate of drug-likeness (QED) is 0.732. The van der Waals surface area contributed by atoms with Gasteiger partial charge in [0.15, 0.2) is 0 Å². The normalized spacial score (nSPS) is 10.1. The first kappa shape index (κ1) is 14.4. The van der Waals surface area contributed by atoms with Crippen molar-refractivity contribution in [1.82, 2.24) is 25.3 Å². The Bertz CT molecular complexity index is 654. The van der Waals surface area contributed by atoms with Gasteiger partial charge in [0.2, 0.25) is 0 Å². The van der Waals surface area contributed by atoms with Gasteiger partial charge in [-0.2, -0.15) is 0 Å². The summed E-state index contributed by atoms with van der Waals surface area (Å²) < 4.78 is 1.18. The van der Waals surface area contributed by atoms with Crippen LogP contribution in [0, 0.1) is 6.92 Å². The highest BCUT2D eigenvalue weighted by Gasteiger charge is 2.06. The Morgan fingerprint density at radius 1 is 1.38 bits per heavy atom. The standard InChI is InChI=1S/C12H14N6O3/c1-8-2-9(4-13-3-8)15-12(21)14-5-10-6-18(17-16-10)7-11(19)20/h2-4,6H,5,7H2,1H3,(H,19,20)(H2,14,15,21). The van der Waals surface area contributed by atoms with Gasteiger partial charge in [-0.3, -0.25) is 9.78 Å². The summed E-state index contributed by atoms with van der Waals surface area (Å²) in [4.78, 5) is 26.1. The maximum Gasteiger partial charge on any atom is 0.325 e. The molecule has 2 aromatic rings. The van der Waals surface area contributed by atoms with Gasteiger partial charge in [0.25, 0.3) is 0 Å². The number of urea groups is 1. The van der Waals surface area contributed by atoms with Crippen molar-refractivity contribution in [3.8, 4) is 0 Å². The van der Waals surface area contributed by atoms with Gasteiger partial charge in [-0.15, -0.1) is 5.10 Å². The van der Waals surface area contributed by atoms with Crippen LogP contribution < -0.4 is 10.6 Å². The van der Waals surface area contributed by atoms with Crippen LogP contribution >= 0.6 is 0 Å². The molecule has 2 rings (SSSR count). The summed E-state index contributed by atoms with van der Waals surface area (Å²) in [5.41, 5.74) is 1.99. The zero-order valence-electron chi connectivity index (χ0n) is 11.3. The molecule has 0 spiro atoms. The average molecular weight is 290 g/mol. The number of rotatable bonds is 5. The van der Waals surface area contributed by atoms with E-state index in [2.05, 4.69) is 25.9 Å². The van der Waals surface area contributed by atoms with Crippen LogP contribution in [0.15, 0.2) is 24.7 Å². The summed E-state index contributed by atoms with van der Waals surface area (Å²) in [7, 11) is 0. The minimum absolute atomic E-state index is 0.144. The predicted molar refractivity (Wildman–Crippen MR) is 72.5 cm³/mol. The number of nitrogens with zero attached hydrogens (tertiary/aromatic N) is 4. The van der Waals surface area contributed by atoms with Crippen molar-refractivity contribution in [3.63, 3.8) is 0 Å². The molecule has 9 heteroatoms. The number of anilines is 1. The molecule has 0 atom stereocenters. The molecule has 2 aromatic heterocycles. The third-order valence-corrected chi connectivity index (χ3v) is 2.45. The Labute approximate surface area is 120 Å². The van der Waals surface area contributed by atoms with E-state index in [1.54, 1.807) is 12.3 Å². The Morgan fingerprint density at radius 3 is 2.90 bits per heavy atom. The molecule has 110 valence electrons. The van der Waals surface area contributed by atoms with Crippen LogP contribution in [0.2, 0.25) is 0 Å². The molecule has 0 aliphatic carbocycles. The molecule has 0 aliphatic heterocycles. The number of hydrogen-bond acceptors (Lipinski definition) is 5. The van der Waals surface area contributed by atoms with Gasteiger partial charge in [0, 0.05) is 6.20 Å². The summed E-state index contributed by atoms with van der Waals surface area (Å²) in [6.07, 6.45) is 4.68. The number of carboxylic acids is 1. The number of carbonyl (C=O) groups excluding carboxylic acids is 1. The number of amides is 2. The highest BCUT2D eigenvalue weighted by Crippen LogP contribution is 2.06. The Hall–Kier alpha value is -2.97. The smallest absolute Gasteiger partial charge is 0.325 e. The fourth-order valence-electron chi connectivity index (χ4n) is 1.60. The second-order valence-electron chi connectivity index (χ2n) is 4.36.